The second-order valence-electron chi connectivity index (χ2n) is 7.29. The highest BCUT2D eigenvalue weighted by Gasteiger charge is 2.18. The van der Waals surface area contributed by atoms with Crippen LogP contribution in [-0.2, 0) is 21.1 Å². The molecule has 0 aliphatic carbocycles. The van der Waals surface area contributed by atoms with Crippen molar-refractivity contribution in [3.05, 3.63) is 63.3 Å². The molecule has 0 bridgehead atoms. The first-order valence-corrected chi connectivity index (χ1v) is 11.5. The van der Waals surface area contributed by atoms with E-state index in [1.54, 1.807) is 24.3 Å². The van der Waals surface area contributed by atoms with Crippen molar-refractivity contribution in [1.29, 1.82) is 0 Å². The van der Waals surface area contributed by atoms with E-state index in [-0.39, 0.29) is 4.90 Å². The van der Waals surface area contributed by atoms with Gasteiger partial charge in [0.2, 0.25) is 0 Å². The lowest BCUT2D eigenvalue weighted by Gasteiger charge is -2.17. The maximum Gasteiger partial charge on any atom is 0.341 e. The molecule has 2 aromatic carbocycles. The highest BCUT2D eigenvalue weighted by atomic mass is 35.5. The standard InChI is InChI=1S/C22H22ClNO5S/c1-12-9-16(30(4,27)28)6-5-15(12)10-17-13(2)21-19(29-11-20(25)26)8-7-18(23)22(21)24-14(17)3/h5-9H,10-11H2,1-4H3,(H,25,26). The van der Waals surface area contributed by atoms with Crippen LogP contribution in [0.1, 0.15) is 27.9 Å². The topological polar surface area (TPSA) is 93.6 Å². The molecule has 0 amide bonds. The average Bonchev–Trinajstić information content (AvgIpc) is 2.65. The van der Waals surface area contributed by atoms with Crippen LogP contribution in [0.25, 0.3) is 10.9 Å². The molecular weight excluding hydrogens is 426 g/mol. The van der Waals surface area contributed by atoms with Crippen LogP contribution in [0, 0.1) is 20.8 Å². The van der Waals surface area contributed by atoms with E-state index in [1.165, 1.54) is 6.26 Å². The number of aromatic nitrogens is 1. The van der Waals surface area contributed by atoms with Gasteiger partial charge in [0.15, 0.2) is 16.4 Å². The monoisotopic (exact) mass is 447 g/mol. The van der Waals surface area contributed by atoms with Crippen LogP contribution >= 0.6 is 11.6 Å². The number of carboxylic acid groups (broad SMARTS) is 1. The largest absolute Gasteiger partial charge is 0.481 e. The van der Waals surface area contributed by atoms with Crippen LogP contribution in [-0.4, -0.2) is 37.3 Å². The molecule has 3 aromatic rings. The summed E-state index contributed by atoms with van der Waals surface area (Å²) < 4.78 is 29.1. The number of carbonyl (C=O) groups is 1. The van der Waals surface area contributed by atoms with Gasteiger partial charge in [-0.3, -0.25) is 4.98 Å². The van der Waals surface area contributed by atoms with Gasteiger partial charge >= 0.3 is 5.97 Å². The second-order valence-corrected chi connectivity index (χ2v) is 9.71. The maximum atomic E-state index is 11.8. The SMILES string of the molecule is Cc1cc(S(C)(=O)=O)ccc1Cc1c(C)nc2c(Cl)ccc(OCC(=O)O)c2c1C. The molecule has 30 heavy (non-hydrogen) atoms. The summed E-state index contributed by atoms with van der Waals surface area (Å²) in [6, 6.07) is 8.37. The molecule has 1 aromatic heterocycles. The van der Waals surface area contributed by atoms with Crippen LogP contribution in [0.15, 0.2) is 35.2 Å². The Labute approximate surface area is 180 Å². The number of fused-ring (bicyclic) bond motifs is 1. The molecule has 0 radical (unpaired) electrons. The maximum absolute atomic E-state index is 11.8. The van der Waals surface area contributed by atoms with E-state index in [2.05, 4.69) is 4.98 Å². The average molecular weight is 448 g/mol. The van der Waals surface area contributed by atoms with E-state index in [0.29, 0.717) is 28.1 Å². The number of aliphatic carboxylic acids is 1. The van der Waals surface area contributed by atoms with E-state index in [1.807, 2.05) is 26.8 Å². The molecule has 0 saturated carbocycles. The number of halogens is 1. The third kappa shape index (κ3) is 4.42. The molecule has 1 N–H and O–H groups in total. The van der Waals surface area contributed by atoms with Gasteiger partial charge in [0.1, 0.15) is 5.75 Å². The molecule has 0 unspecified atom stereocenters. The van der Waals surface area contributed by atoms with Crippen molar-refractivity contribution < 1.29 is 23.1 Å². The van der Waals surface area contributed by atoms with Gasteiger partial charge < -0.3 is 9.84 Å². The summed E-state index contributed by atoms with van der Waals surface area (Å²) in [4.78, 5) is 15.9. The first kappa shape index (κ1) is 22.1. The number of rotatable bonds is 6. The van der Waals surface area contributed by atoms with E-state index in [4.69, 9.17) is 21.4 Å². The van der Waals surface area contributed by atoms with Gasteiger partial charge in [-0.25, -0.2) is 13.2 Å². The Balaban J connectivity index is 2.13. The minimum Gasteiger partial charge on any atom is -0.481 e. The van der Waals surface area contributed by atoms with Gasteiger partial charge in [-0.15, -0.1) is 0 Å². The van der Waals surface area contributed by atoms with Crippen molar-refractivity contribution >= 4 is 38.3 Å². The molecule has 6 nitrogen and oxygen atoms in total. The number of hydrogen-bond acceptors (Lipinski definition) is 5. The van der Waals surface area contributed by atoms with Gasteiger partial charge in [0, 0.05) is 17.3 Å². The van der Waals surface area contributed by atoms with E-state index < -0.39 is 22.4 Å². The van der Waals surface area contributed by atoms with Gasteiger partial charge in [-0.05, 0) is 73.7 Å². The number of pyridine rings is 1. The fourth-order valence-electron chi connectivity index (χ4n) is 3.48. The minimum absolute atomic E-state index is 0.282. The van der Waals surface area contributed by atoms with Crippen molar-refractivity contribution in [3.8, 4) is 5.75 Å². The molecule has 0 spiro atoms. The van der Waals surface area contributed by atoms with Crippen LogP contribution in [0.4, 0.5) is 0 Å². The van der Waals surface area contributed by atoms with Crippen molar-refractivity contribution in [2.75, 3.05) is 12.9 Å². The Morgan fingerprint density at radius 2 is 1.87 bits per heavy atom. The van der Waals surface area contributed by atoms with Gasteiger partial charge in [0.25, 0.3) is 0 Å². The van der Waals surface area contributed by atoms with Gasteiger partial charge in [0.05, 0.1) is 15.4 Å². The van der Waals surface area contributed by atoms with Crippen molar-refractivity contribution in [1.82, 2.24) is 4.98 Å². The lowest BCUT2D eigenvalue weighted by atomic mass is 9.94. The molecule has 0 aliphatic heterocycles. The van der Waals surface area contributed by atoms with Crippen LogP contribution < -0.4 is 4.74 Å². The predicted octanol–water partition coefficient (Wildman–Crippen LogP) is 4.27. The zero-order valence-electron chi connectivity index (χ0n) is 17.1. The predicted molar refractivity (Wildman–Crippen MR) is 116 cm³/mol. The Morgan fingerprint density at radius 1 is 1.17 bits per heavy atom. The number of nitrogens with zero attached hydrogens (tertiary/aromatic N) is 1. The summed E-state index contributed by atoms with van der Waals surface area (Å²) in [5.74, 6) is -0.662. The molecule has 0 atom stereocenters. The van der Waals surface area contributed by atoms with Crippen LogP contribution in [0.3, 0.4) is 0 Å². The number of benzene rings is 2. The lowest BCUT2D eigenvalue weighted by molar-refractivity contribution is -0.139. The zero-order valence-corrected chi connectivity index (χ0v) is 18.7. The molecule has 0 fully saturated rings. The minimum atomic E-state index is -3.28. The van der Waals surface area contributed by atoms with E-state index in [0.717, 1.165) is 27.9 Å². The fourth-order valence-corrected chi connectivity index (χ4v) is 4.39. The molecule has 158 valence electrons. The molecule has 8 heteroatoms. The number of ether oxygens (including phenoxy) is 1. The lowest BCUT2D eigenvalue weighted by Crippen LogP contribution is -2.10. The third-order valence-corrected chi connectivity index (χ3v) is 6.51. The summed E-state index contributed by atoms with van der Waals surface area (Å²) in [7, 11) is -3.28. The number of aryl methyl sites for hydroxylation is 3. The Kier molecular flexibility index (Phi) is 6.06. The normalized spacial score (nSPS) is 11.6. The summed E-state index contributed by atoms with van der Waals surface area (Å²) in [6.07, 6.45) is 1.73. The smallest absolute Gasteiger partial charge is 0.341 e. The second kappa shape index (κ2) is 8.24. The Morgan fingerprint density at radius 3 is 2.47 bits per heavy atom. The first-order chi connectivity index (χ1) is 14.0. The van der Waals surface area contributed by atoms with E-state index in [9.17, 15) is 13.2 Å². The third-order valence-electron chi connectivity index (χ3n) is 5.09. The Bertz CT molecular complexity index is 1270. The summed E-state index contributed by atoms with van der Waals surface area (Å²) in [5, 5.41) is 10.1. The summed E-state index contributed by atoms with van der Waals surface area (Å²) in [6.45, 7) is 5.23. The van der Waals surface area contributed by atoms with Crippen molar-refractivity contribution in [2.24, 2.45) is 0 Å². The van der Waals surface area contributed by atoms with Crippen molar-refractivity contribution in [2.45, 2.75) is 32.1 Å². The molecular formula is C22H22ClNO5S. The van der Waals surface area contributed by atoms with Crippen LogP contribution in [0.2, 0.25) is 5.02 Å². The number of hydrogen-bond donors (Lipinski definition) is 1. The van der Waals surface area contributed by atoms with Crippen LogP contribution in [0.5, 0.6) is 5.75 Å². The number of sulfone groups is 1. The summed E-state index contributed by atoms with van der Waals surface area (Å²) in [5.41, 5.74) is 5.05. The molecule has 0 aliphatic rings. The molecule has 1 heterocycles. The highest BCUT2D eigenvalue weighted by Crippen LogP contribution is 2.36. The summed E-state index contributed by atoms with van der Waals surface area (Å²) >= 11 is 6.34. The Hall–Kier alpha value is -2.64. The first-order valence-electron chi connectivity index (χ1n) is 9.21. The molecule has 3 rings (SSSR count). The molecule has 0 saturated heterocycles. The quantitative estimate of drug-likeness (QED) is 0.606. The van der Waals surface area contributed by atoms with E-state index >= 15 is 0 Å². The van der Waals surface area contributed by atoms with Gasteiger partial charge in [-0.2, -0.15) is 0 Å². The zero-order chi connectivity index (χ0) is 22.2. The van der Waals surface area contributed by atoms with Crippen molar-refractivity contribution in [3.63, 3.8) is 0 Å². The highest BCUT2D eigenvalue weighted by molar-refractivity contribution is 7.90. The van der Waals surface area contributed by atoms with Gasteiger partial charge in [-0.1, -0.05) is 17.7 Å². The fraction of sp³-hybridized carbons (Fsp3) is 0.273. The number of carboxylic acids is 1.